The molecule has 6 heteroatoms. The van der Waals surface area contributed by atoms with Gasteiger partial charge in [0.25, 0.3) is 0 Å². The van der Waals surface area contributed by atoms with Crippen molar-refractivity contribution < 1.29 is 9.18 Å². The maximum atomic E-state index is 13.4. The van der Waals surface area contributed by atoms with Gasteiger partial charge in [0.05, 0.1) is 0 Å². The average Bonchev–Trinajstić information content (AvgIpc) is 3.12. The van der Waals surface area contributed by atoms with Gasteiger partial charge in [-0.05, 0) is 30.7 Å². The van der Waals surface area contributed by atoms with E-state index in [0.717, 1.165) is 19.5 Å². The second-order valence-electron chi connectivity index (χ2n) is 6.36. The van der Waals surface area contributed by atoms with Gasteiger partial charge in [-0.25, -0.2) is 14.4 Å². The highest BCUT2D eigenvalue weighted by atomic mass is 19.1. The van der Waals surface area contributed by atoms with Crippen LogP contribution in [-0.4, -0.2) is 35.5 Å². The number of benzene rings is 1. The molecule has 2 aliphatic heterocycles. The fraction of sp³-hybridized carbons (Fsp3) is 0.353. The van der Waals surface area contributed by atoms with Gasteiger partial charge >= 0.3 is 0 Å². The number of amides is 1. The smallest absolute Gasteiger partial charge is 0.227 e. The zero-order chi connectivity index (χ0) is 15.9. The van der Waals surface area contributed by atoms with E-state index < -0.39 is 0 Å². The highest BCUT2D eigenvalue weighted by Crippen LogP contribution is 2.42. The Balaban J connectivity index is 1.54. The van der Waals surface area contributed by atoms with Crippen molar-refractivity contribution in [1.82, 2.24) is 9.97 Å². The van der Waals surface area contributed by atoms with Crippen LogP contribution in [0, 0.1) is 11.2 Å². The van der Waals surface area contributed by atoms with Gasteiger partial charge in [0.1, 0.15) is 5.82 Å². The minimum absolute atomic E-state index is 0.0615. The Morgan fingerprint density at radius 3 is 2.74 bits per heavy atom. The molecule has 4 rings (SSSR count). The fourth-order valence-corrected chi connectivity index (χ4v) is 3.61. The molecule has 5 nitrogen and oxygen atoms in total. The molecule has 2 aromatic rings. The Hall–Kier alpha value is -2.50. The minimum atomic E-state index is -0.318. The summed E-state index contributed by atoms with van der Waals surface area (Å²) in [7, 11) is 0. The quantitative estimate of drug-likeness (QED) is 0.853. The maximum Gasteiger partial charge on any atom is 0.227 e. The first-order chi connectivity index (χ1) is 11.2. The van der Waals surface area contributed by atoms with Crippen LogP contribution in [0.25, 0.3) is 0 Å². The summed E-state index contributed by atoms with van der Waals surface area (Å²) >= 11 is 0. The second kappa shape index (κ2) is 5.30. The molecule has 0 saturated carbocycles. The molecule has 1 amide bonds. The Labute approximate surface area is 133 Å². The van der Waals surface area contributed by atoms with E-state index in [0.29, 0.717) is 24.6 Å². The van der Waals surface area contributed by atoms with Crippen molar-refractivity contribution in [1.29, 1.82) is 0 Å². The summed E-state index contributed by atoms with van der Waals surface area (Å²) in [5.41, 5.74) is 0.545. The van der Waals surface area contributed by atoms with Crippen LogP contribution >= 0.6 is 0 Å². The topological polar surface area (TPSA) is 49.3 Å². The van der Waals surface area contributed by atoms with Crippen LogP contribution in [0.15, 0.2) is 42.7 Å². The summed E-state index contributed by atoms with van der Waals surface area (Å²) in [6, 6.07) is 8.03. The molecule has 23 heavy (non-hydrogen) atoms. The van der Waals surface area contributed by atoms with Gasteiger partial charge < -0.3 is 9.80 Å². The summed E-state index contributed by atoms with van der Waals surface area (Å²) < 4.78 is 13.4. The zero-order valence-corrected chi connectivity index (χ0v) is 12.7. The summed E-state index contributed by atoms with van der Waals surface area (Å²) in [4.78, 5) is 24.9. The van der Waals surface area contributed by atoms with Crippen molar-refractivity contribution in [2.45, 2.75) is 12.8 Å². The average molecular weight is 312 g/mol. The summed E-state index contributed by atoms with van der Waals surface area (Å²) in [6.07, 6.45) is 4.87. The molecular weight excluding hydrogens is 295 g/mol. The molecule has 1 atom stereocenters. The Kier molecular flexibility index (Phi) is 3.25. The summed E-state index contributed by atoms with van der Waals surface area (Å²) in [5.74, 6) is 0.453. The molecule has 1 aromatic carbocycles. The SMILES string of the molecule is O=C1C[C@]2(CCN(c3ncccn3)C2)CN1c1cccc(F)c1. The summed E-state index contributed by atoms with van der Waals surface area (Å²) in [5, 5.41) is 0. The van der Waals surface area contributed by atoms with E-state index in [-0.39, 0.29) is 17.1 Å². The summed E-state index contributed by atoms with van der Waals surface area (Å²) in [6.45, 7) is 2.22. The molecule has 0 unspecified atom stereocenters. The monoisotopic (exact) mass is 312 g/mol. The normalized spacial score (nSPS) is 24.0. The number of nitrogens with zero attached hydrogens (tertiary/aromatic N) is 4. The first-order valence-electron chi connectivity index (χ1n) is 7.73. The molecule has 2 aliphatic rings. The third-order valence-corrected chi connectivity index (χ3v) is 4.71. The highest BCUT2D eigenvalue weighted by Gasteiger charge is 2.48. The Morgan fingerprint density at radius 2 is 1.96 bits per heavy atom. The van der Waals surface area contributed by atoms with Crippen molar-refractivity contribution in [3.8, 4) is 0 Å². The molecule has 0 bridgehead atoms. The lowest BCUT2D eigenvalue weighted by molar-refractivity contribution is -0.117. The van der Waals surface area contributed by atoms with Crippen LogP contribution in [-0.2, 0) is 4.79 Å². The number of halogens is 1. The molecule has 0 radical (unpaired) electrons. The predicted octanol–water partition coefficient (Wildman–Crippen LogP) is 2.25. The van der Waals surface area contributed by atoms with Crippen molar-refractivity contribution in [3.63, 3.8) is 0 Å². The van der Waals surface area contributed by atoms with Crippen LogP contribution in [0.5, 0.6) is 0 Å². The van der Waals surface area contributed by atoms with E-state index in [1.165, 1.54) is 12.1 Å². The molecule has 0 aliphatic carbocycles. The van der Waals surface area contributed by atoms with Gasteiger partial charge in [-0.3, -0.25) is 4.79 Å². The van der Waals surface area contributed by atoms with Gasteiger partial charge in [-0.2, -0.15) is 0 Å². The maximum absolute atomic E-state index is 13.4. The lowest BCUT2D eigenvalue weighted by Gasteiger charge is -2.24. The number of rotatable bonds is 2. The lowest BCUT2D eigenvalue weighted by atomic mass is 9.86. The standard InChI is InChI=1S/C17H17FN4O/c18-13-3-1-4-14(9-13)22-12-17(10-15(22)23)5-8-21(11-17)16-19-6-2-7-20-16/h1-4,6-7,9H,5,8,10-12H2/t17-/m0/s1. The Bertz CT molecular complexity index is 738. The van der Waals surface area contributed by atoms with E-state index in [2.05, 4.69) is 14.9 Å². The van der Waals surface area contributed by atoms with Crippen LogP contribution in [0.1, 0.15) is 12.8 Å². The molecule has 118 valence electrons. The largest absolute Gasteiger partial charge is 0.340 e. The molecule has 2 fully saturated rings. The number of anilines is 2. The van der Waals surface area contributed by atoms with Gasteiger partial charge in [0, 0.05) is 49.6 Å². The van der Waals surface area contributed by atoms with Gasteiger partial charge in [-0.15, -0.1) is 0 Å². The van der Waals surface area contributed by atoms with Crippen LogP contribution < -0.4 is 9.80 Å². The van der Waals surface area contributed by atoms with Crippen molar-refractivity contribution in [2.24, 2.45) is 5.41 Å². The van der Waals surface area contributed by atoms with Crippen molar-refractivity contribution in [3.05, 3.63) is 48.5 Å². The van der Waals surface area contributed by atoms with Crippen molar-refractivity contribution in [2.75, 3.05) is 29.4 Å². The number of aromatic nitrogens is 2. The van der Waals surface area contributed by atoms with E-state index >= 15 is 0 Å². The van der Waals surface area contributed by atoms with Crippen molar-refractivity contribution >= 4 is 17.5 Å². The second-order valence-corrected chi connectivity index (χ2v) is 6.36. The van der Waals surface area contributed by atoms with E-state index in [9.17, 15) is 9.18 Å². The third-order valence-electron chi connectivity index (χ3n) is 4.71. The number of hydrogen-bond donors (Lipinski definition) is 0. The van der Waals surface area contributed by atoms with Gasteiger partial charge in [0.2, 0.25) is 11.9 Å². The molecule has 0 N–H and O–H groups in total. The lowest BCUT2D eigenvalue weighted by Crippen LogP contribution is -2.31. The van der Waals surface area contributed by atoms with Gasteiger partial charge in [-0.1, -0.05) is 6.07 Å². The third kappa shape index (κ3) is 2.54. The molecule has 3 heterocycles. The van der Waals surface area contributed by atoms with E-state index in [1.807, 2.05) is 0 Å². The first-order valence-corrected chi connectivity index (χ1v) is 7.73. The zero-order valence-electron chi connectivity index (χ0n) is 12.7. The van der Waals surface area contributed by atoms with Gasteiger partial charge in [0.15, 0.2) is 0 Å². The number of hydrogen-bond acceptors (Lipinski definition) is 4. The minimum Gasteiger partial charge on any atom is -0.340 e. The molecule has 1 spiro atoms. The number of carbonyl (C=O) groups excluding carboxylic acids is 1. The predicted molar refractivity (Wildman–Crippen MR) is 84.7 cm³/mol. The molecule has 2 saturated heterocycles. The van der Waals surface area contributed by atoms with E-state index in [4.69, 9.17) is 0 Å². The Morgan fingerprint density at radius 1 is 1.13 bits per heavy atom. The van der Waals surface area contributed by atoms with Crippen LogP contribution in [0.4, 0.5) is 16.0 Å². The molecular formula is C17H17FN4O. The fourth-order valence-electron chi connectivity index (χ4n) is 3.61. The highest BCUT2D eigenvalue weighted by molar-refractivity contribution is 5.96. The van der Waals surface area contributed by atoms with Crippen LogP contribution in [0.3, 0.4) is 0 Å². The van der Waals surface area contributed by atoms with Crippen LogP contribution in [0.2, 0.25) is 0 Å². The molecule has 1 aromatic heterocycles. The van der Waals surface area contributed by atoms with E-state index in [1.54, 1.807) is 35.5 Å². The number of carbonyl (C=O) groups is 1. The first kappa shape index (κ1) is 14.1.